The summed E-state index contributed by atoms with van der Waals surface area (Å²) >= 11 is 5.96. The van der Waals surface area contributed by atoms with Gasteiger partial charge in [-0.1, -0.05) is 17.7 Å². The van der Waals surface area contributed by atoms with Gasteiger partial charge in [0.1, 0.15) is 0 Å². The van der Waals surface area contributed by atoms with Crippen molar-refractivity contribution in [3.05, 3.63) is 28.8 Å². The number of carbonyl (C=O) groups is 1. The first kappa shape index (κ1) is 10.1. The van der Waals surface area contributed by atoms with Crippen LogP contribution in [0.1, 0.15) is 12.0 Å². The molecule has 2 atom stereocenters. The molecule has 1 heterocycles. The number of likely N-dealkylation sites (N-methyl/N-ethyl adjacent to an activating group) is 1. The second kappa shape index (κ2) is 2.99. The molecule has 84 valence electrons. The van der Waals surface area contributed by atoms with E-state index >= 15 is 0 Å². The first-order chi connectivity index (χ1) is 7.61. The Bertz CT molecular complexity index is 488. The molecule has 1 spiro atoms. The smallest absolute Gasteiger partial charge is 0.237 e. The molecule has 0 saturated heterocycles. The molecule has 2 aliphatic rings. The molecule has 16 heavy (non-hydrogen) atoms. The van der Waals surface area contributed by atoms with E-state index in [9.17, 15) is 4.79 Å². The molecule has 0 radical (unpaired) electrons. The summed E-state index contributed by atoms with van der Waals surface area (Å²) in [5, 5.41) is 0.667. The van der Waals surface area contributed by atoms with Gasteiger partial charge in [-0.05, 0) is 36.6 Å². The van der Waals surface area contributed by atoms with Crippen molar-refractivity contribution in [2.45, 2.75) is 11.8 Å². The molecule has 1 aliphatic carbocycles. The zero-order chi connectivity index (χ0) is 11.5. The van der Waals surface area contributed by atoms with E-state index in [-0.39, 0.29) is 11.3 Å². The summed E-state index contributed by atoms with van der Waals surface area (Å²) in [6.45, 7) is 0.571. The largest absolute Gasteiger partial charge is 0.330 e. The highest BCUT2D eigenvalue weighted by Crippen LogP contribution is 2.61. The van der Waals surface area contributed by atoms with E-state index < -0.39 is 0 Å². The van der Waals surface area contributed by atoms with Gasteiger partial charge >= 0.3 is 0 Å². The van der Waals surface area contributed by atoms with E-state index in [2.05, 4.69) is 0 Å². The number of halogens is 1. The van der Waals surface area contributed by atoms with E-state index in [0.717, 1.165) is 17.7 Å². The normalized spacial score (nSPS) is 31.1. The summed E-state index contributed by atoms with van der Waals surface area (Å²) in [7, 11) is 1.80. The fraction of sp³-hybridized carbons (Fsp3) is 0.417. The van der Waals surface area contributed by atoms with Gasteiger partial charge in [-0.15, -0.1) is 0 Å². The van der Waals surface area contributed by atoms with Gasteiger partial charge in [0.15, 0.2) is 0 Å². The highest BCUT2D eigenvalue weighted by Gasteiger charge is 2.65. The quantitative estimate of drug-likeness (QED) is 0.804. The SMILES string of the molecule is CN1C(=O)C2(CC2CN)c2ccc(Cl)cc21. The molecular weight excluding hydrogens is 224 g/mol. The lowest BCUT2D eigenvalue weighted by Gasteiger charge is -2.10. The summed E-state index contributed by atoms with van der Waals surface area (Å²) in [4.78, 5) is 14.0. The molecular formula is C12H13ClN2O. The van der Waals surface area contributed by atoms with Crippen molar-refractivity contribution in [1.29, 1.82) is 0 Å². The van der Waals surface area contributed by atoms with E-state index in [1.165, 1.54) is 0 Å². The molecule has 1 saturated carbocycles. The van der Waals surface area contributed by atoms with Crippen LogP contribution in [-0.2, 0) is 10.2 Å². The Hall–Kier alpha value is -1.06. The van der Waals surface area contributed by atoms with Crippen LogP contribution in [0.3, 0.4) is 0 Å². The third-order valence-electron chi connectivity index (χ3n) is 3.88. The summed E-state index contributed by atoms with van der Waals surface area (Å²) in [6, 6.07) is 5.67. The van der Waals surface area contributed by atoms with Gasteiger partial charge in [0.05, 0.1) is 5.41 Å². The fourth-order valence-corrected chi connectivity index (χ4v) is 3.06. The molecule has 3 nitrogen and oxygen atoms in total. The second-order valence-electron chi connectivity index (χ2n) is 4.63. The third-order valence-corrected chi connectivity index (χ3v) is 4.11. The molecule has 1 fully saturated rings. The van der Waals surface area contributed by atoms with E-state index in [1.54, 1.807) is 11.9 Å². The maximum atomic E-state index is 12.3. The summed E-state index contributed by atoms with van der Waals surface area (Å²) < 4.78 is 0. The molecule has 2 N–H and O–H groups in total. The van der Waals surface area contributed by atoms with Gasteiger partial charge in [-0.2, -0.15) is 0 Å². The lowest BCUT2D eigenvalue weighted by Crippen LogP contribution is -2.30. The summed E-state index contributed by atoms with van der Waals surface area (Å²) in [6.07, 6.45) is 0.876. The van der Waals surface area contributed by atoms with Crippen molar-refractivity contribution < 1.29 is 4.79 Å². The predicted molar refractivity (Wildman–Crippen MR) is 63.7 cm³/mol. The minimum absolute atomic E-state index is 0.167. The van der Waals surface area contributed by atoms with E-state index in [1.807, 2.05) is 18.2 Å². The number of amides is 1. The van der Waals surface area contributed by atoms with Crippen LogP contribution in [0.5, 0.6) is 0 Å². The number of nitrogens with two attached hydrogens (primary N) is 1. The zero-order valence-corrected chi connectivity index (χ0v) is 9.79. The van der Waals surface area contributed by atoms with Crippen LogP contribution in [-0.4, -0.2) is 19.5 Å². The number of nitrogens with zero attached hydrogens (tertiary/aromatic N) is 1. The maximum Gasteiger partial charge on any atom is 0.237 e. The van der Waals surface area contributed by atoms with Crippen molar-refractivity contribution in [2.24, 2.45) is 11.7 Å². The summed E-state index contributed by atoms with van der Waals surface area (Å²) in [5.74, 6) is 0.463. The minimum Gasteiger partial charge on any atom is -0.330 e. The Labute approximate surface area is 99.2 Å². The fourth-order valence-electron chi connectivity index (χ4n) is 2.89. The molecule has 0 bridgehead atoms. The van der Waals surface area contributed by atoms with Crippen molar-refractivity contribution in [3.8, 4) is 0 Å². The first-order valence-electron chi connectivity index (χ1n) is 5.39. The molecule has 3 rings (SSSR count). The number of hydrogen-bond acceptors (Lipinski definition) is 2. The van der Waals surface area contributed by atoms with Crippen LogP contribution in [0.4, 0.5) is 5.69 Å². The highest BCUT2D eigenvalue weighted by atomic mass is 35.5. The van der Waals surface area contributed by atoms with Gasteiger partial charge in [-0.3, -0.25) is 4.79 Å². The molecule has 4 heteroatoms. The van der Waals surface area contributed by atoms with Gasteiger partial charge in [0, 0.05) is 17.8 Å². The van der Waals surface area contributed by atoms with Crippen LogP contribution in [0.2, 0.25) is 5.02 Å². The molecule has 1 aliphatic heterocycles. The van der Waals surface area contributed by atoms with Crippen molar-refractivity contribution in [3.63, 3.8) is 0 Å². The Kier molecular flexibility index (Phi) is 1.89. The molecule has 1 aromatic carbocycles. The molecule has 2 unspecified atom stereocenters. The Morgan fingerprint density at radius 2 is 2.38 bits per heavy atom. The van der Waals surface area contributed by atoms with Crippen LogP contribution in [0.15, 0.2) is 18.2 Å². The van der Waals surface area contributed by atoms with Crippen LogP contribution in [0.25, 0.3) is 0 Å². The number of anilines is 1. The van der Waals surface area contributed by atoms with E-state index in [4.69, 9.17) is 17.3 Å². The number of benzene rings is 1. The van der Waals surface area contributed by atoms with Gasteiger partial charge in [0.2, 0.25) is 5.91 Å². The molecule has 0 aromatic heterocycles. The highest BCUT2D eigenvalue weighted by molar-refractivity contribution is 6.31. The van der Waals surface area contributed by atoms with Crippen molar-refractivity contribution in [1.82, 2.24) is 0 Å². The molecule has 1 aromatic rings. The Morgan fingerprint density at radius 1 is 1.62 bits per heavy atom. The van der Waals surface area contributed by atoms with E-state index in [0.29, 0.717) is 17.5 Å². The van der Waals surface area contributed by atoms with Crippen molar-refractivity contribution in [2.75, 3.05) is 18.5 Å². The van der Waals surface area contributed by atoms with Gasteiger partial charge in [-0.25, -0.2) is 0 Å². The standard InChI is InChI=1S/C12H13ClN2O/c1-15-10-4-8(13)2-3-9(10)12(11(15)16)5-7(12)6-14/h2-4,7H,5-6,14H2,1H3. The maximum absolute atomic E-state index is 12.3. The van der Waals surface area contributed by atoms with Crippen molar-refractivity contribution >= 4 is 23.2 Å². The topological polar surface area (TPSA) is 46.3 Å². The zero-order valence-electron chi connectivity index (χ0n) is 9.03. The summed E-state index contributed by atoms with van der Waals surface area (Å²) in [5.41, 5.74) is 7.39. The average molecular weight is 237 g/mol. The van der Waals surface area contributed by atoms with Gasteiger partial charge < -0.3 is 10.6 Å². The number of hydrogen-bond donors (Lipinski definition) is 1. The number of fused-ring (bicyclic) bond motifs is 2. The second-order valence-corrected chi connectivity index (χ2v) is 5.07. The van der Waals surface area contributed by atoms with Crippen LogP contribution in [0, 0.1) is 5.92 Å². The lowest BCUT2D eigenvalue weighted by molar-refractivity contribution is -0.120. The lowest BCUT2D eigenvalue weighted by atomic mass is 9.95. The Balaban J connectivity index is 2.17. The molecule has 1 amide bonds. The third kappa shape index (κ3) is 1.00. The minimum atomic E-state index is -0.330. The monoisotopic (exact) mass is 236 g/mol. The predicted octanol–water partition coefficient (Wildman–Crippen LogP) is 1.53. The number of rotatable bonds is 1. The average Bonchev–Trinajstić information content (AvgIpc) is 2.98. The number of carbonyl (C=O) groups excluding carboxylic acids is 1. The first-order valence-corrected chi connectivity index (χ1v) is 5.77. The van der Waals surface area contributed by atoms with Crippen LogP contribution >= 0.6 is 11.6 Å². The Morgan fingerprint density at radius 3 is 3.00 bits per heavy atom. The van der Waals surface area contributed by atoms with Gasteiger partial charge in [0.25, 0.3) is 0 Å². The van der Waals surface area contributed by atoms with Crippen LogP contribution < -0.4 is 10.6 Å².